The van der Waals surface area contributed by atoms with E-state index in [1.165, 1.54) is 18.7 Å². The van der Waals surface area contributed by atoms with Crippen LogP contribution >= 0.6 is 12.2 Å². The predicted molar refractivity (Wildman–Crippen MR) is 131 cm³/mol. The van der Waals surface area contributed by atoms with Gasteiger partial charge in [0.15, 0.2) is 5.11 Å². The first-order chi connectivity index (χ1) is 15.8. The molecular weight excluding hydrogens is 440 g/mol. The molecule has 0 fully saturated rings. The van der Waals surface area contributed by atoms with Gasteiger partial charge in [0.1, 0.15) is 11.7 Å². The van der Waals surface area contributed by atoms with Gasteiger partial charge in [-0.05, 0) is 49.3 Å². The topological polar surface area (TPSA) is 105 Å². The molecule has 3 N–H and O–H groups in total. The maximum atomic E-state index is 12.5. The zero-order valence-corrected chi connectivity index (χ0v) is 19.7. The van der Waals surface area contributed by atoms with Crippen LogP contribution in [0.3, 0.4) is 0 Å². The quantitative estimate of drug-likeness (QED) is 0.348. The summed E-state index contributed by atoms with van der Waals surface area (Å²) in [6, 6.07) is 16.0. The predicted octanol–water partition coefficient (Wildman–Crippen LogP) is 4.39. The summed E-state index contributed by atoms with van der Waals surface area (Å²) in [6.07, 6.45) is 0. The lowest BCUT2D eigenvalue weighted by Gasteiger charge is -2.18. The number of aromatic nitrogens is 1. The van der Waals surface area contributed by atoms with Crippen LogP contribution < -0.4 is 16.0 Å². The second kappa shape index (κ2) is 10.7. The second-order valence-corrected chi connectivity index (χ2v) is 8.23. The summed E-state index contributed by atoms with van der Waals surface area (Å²) in [5.41, 5.74) is 4.12. The number of hydrogen-bond donors (Lipinski definition) is 3. The van der Waals surface area contributed by atoms with Gasteiger partial charge in [-0.3, -0.25) is 4.79 Å². The van der Waals surface area contributed by atoms with Crippen molar-refractivity contribution >= 4 is 40.6 Å². The van der Waals surface area contributed by atoms with Gasteiger partial charge in [-0.15, -0.1) is 0 Å². The van der Waals surface area contributed by atoms with Crippen LogP contribution in [0.2, 0.25) is 0 Å². The number of thiocarbonyl (C=S) groups is 1. The van der Waals surface area contributed by atoms with E-state index in [0.29, 0.717) is 10.8 Å². The molecule has 3 aromatic rings. The van der Waals surface area contributed by atoms with Crippen molar-refractivity contribution in [2.45, 2.75) is 26.8 Å². The van der Waals surface area contributed by atoms with Crippen molar-refractivity contribution in [2.75, 3.05) is 17.7 Å². The normalized spacial score (nSPS) is 11.5. The Bertz CT molecular complexity index is 1120. The first-order valence-electron chi connectivity index (χ1n) is 10.4. The summed E-state index contributed by atoms with van der Waals surface area (Å²) < 4.78 is 9.93. The fraction of sp³-hybridized carbons (Fsp3) is 0.250. The van der Waals surface area contributed by atoms with Gasteiger partial charge in [0.2, 0.25) is 5.76 Å². The van der Waals surface area contributed by atoms with Gasteiger partial charge >= 0.3 is 5.97 Å². The summed E-state index contributed by atoms with van der Waals surface area (Å²) >= 11 is 5.36. The monoisotopic (exact) mass is 466 g/mol. The van der Waals surface area contributed by atoms with E-state index in [1.807, 2.05) is 69.3 Å². The van der Waals surface area contributed by atoms with Crippen LogP contribution in [-0.2, 0) is 9.53 Å². The van der Waals surface area contributed by atoms with Gasteiger partial charge in [-0.25, -0.2) is 4.79 Å². The van der Waals surface area contributed by atoms with Crippen LogP contribution in [-0.4, -0.2) is 35.3 Å². The number of hydrogen-bond acceptors (Lipinski definition) is 6. The summed E-state index contributed by atoms with van der Waals surface area (Å²) in [7, 11) is 1.28. The number of esters is 1. The summed E-state index contributed by atoms with van der Waals surface area (Å²) in [6.45, 7) is 5.65. The van der Waals surface area contributed by atoms with Crippen LogP contribution in [0.4, 0.5) is 11.4 Å². The summed E-state index contributed by atoms with van der Waals surface area (Å²) in [5, 5.41) is 13.3. The van der Waals surface area contributed by atoms with Crippen molar-refractivity contribution in [3.8, 4) is 11.3 Å². The number of methoxy groups -OCH3 is 1. The molecule has 1 heterocycles. The molecular formula is C24H26N4O4S. The van der Waals surface area contributed by atoms with Crippen molar-refractivity contribution in [1.29, 1.82) is 0 Å². The molecule has 33 heavy (non-hydrogen) atoms. The van der Waals surface area contributed by atoms with E-state index in [2.05, 4.69) is 21.1 Å². The number of amides is 1. The highest BCUT2D eigenvalue weighted by Crippen LogP contribution is 2.22. The number of anilines is 2. The average molecular weight is 467 g/mol. The number of carbonyl (C=O) groups is 2. The molecule has 0 saturated heterocycles. The molecule has 0 saturated carbocycles. The Morgan fingerprint density at radius 1 is 1.00 bits per heavy atom. The maximum Gasteiger partial charge on any atom is 0.328 e. The Labute approximate surface area is 197 Å². The van der Waals surface area contributed by atoms with Crippen molar-refractivity contribution in [3.63, 3.8) is 0 Å². The van der Waals surface area contributed by atoms with E-state index in [0.717, 1.165) is 16.9 Å². The van der Waals surface area contributed by atoms with Crippen molar-refractivity contribution in [3.05, 3.63) is 65.9 Å². The Balaban J connectivity index is 1.62. The fourth-order valence-electron chi connectivity index (χ4n) is 3.01. The molecule has 3 rings (SSSR count). The minimum atomic E-state index is -0.779. The van der Waals surface area contributed by atoms with Crippen molar-refractivity contribution in [2.24, 2.45) is 5.92 Å². The molecule has 0 bridgehead atoms. The molecule has 0 spiro atoms. The molecule has 1 amide bonds. The van der Waals surface area contributed by atoms with Gasteiger partial charge in [0.05, 0.1) is 7.11 Å². The minimum absolute atomic E-state index is 0.00484. The molecule has 9 heteroatoms. The molecule has 0 aliphatic rings. The minimum Gasteiger partial charge on any atom is -0.467 e. The Kier molecular flexibility index (Phi) is 7.78. The lowest BCUT2D eigenvalue weighted by atomic mass is 10.0. The molecule has 0 radical (unpaired) electrons. The Morgan fingerprint density at radius 3 is 2.12 bits per heavy atom. The molecule has 0 aliphatic carbocycles. The van der Waals surface area contributed by atoms with Gasteiger partial charge in [0.25, 0.3) is 5.91 Å². The third-order valence-electron chi connectivity index (χ3n) is 4.89. The zero-order chi connectivity index (χ0) is 24.0. The number of aryl methyl sites for hydroxylation is 1. The highest BCUT2D eigenvalue weighted by atomic mass is 32.1. The first-order valence-corrected chi connectivity index (χ1v) is 10.8. The van der Waals surface area contributed by atoms with E-state index in [-0.39, 0.29) is 11.7 Å². The first kappa shape index (κ1) is 23.9. The molecule has 1 atom stereocenters. The number of benzene rings is 2. The summed E-state index contributed by atoms with van der Waals surface area (Å²) in [4.78, 5) is 24.4. The molecule has 8 nitrogen and oxygen atoms in total. The van der Waals surface area contributed by atoms with Gasteiger partial charge in [-0.1, -0.05) is 48.8 Å². The maximum absolute atomic E-state index is 12.5. The van der Waals surface area contributed by atoms with E-state index in [1.54, 1.807) is 0 Å². The average Bonchev–Trinajstić information content (AvgIpc) is 3.29. The molecule has 172 valence electrons. The van der Waals surface area contributed by atoms with Crippen LogP contribution in [0, 0.1) is 12.8 Å². The zero-order valence-electron chi connectivity index (χ0n) is 18.8. The number of carbonyl (C=O) groups excluding carboxylic acids is 2. The SMILES string of the molecule is COC(=O)[C@@H](NC(=O)c1cc(-c2ccc(NC(=S)Nc3ccc(C)cc3)cc2)no1)C(C)C. The highest BCUT2D eigenvalue weighted by molar-refractivity contribution is 7.80. The standard InChI is InChI=1S/C24H26N4O4S/c1-14(2)21(23(30)31-4)27-22(29)20-13-19(28-32-20)16-7-11-18(12-8-16)26-24(33)25-17-9-5-15(3)6-10-17/h5-14,21H,1-4H3,(H,27,29)(H2,25,26,33)/t21-/m0/s1. The number of nitrogens with one attached hydrogen (secondary N) is 3. The Morgan fingerprint density at radius 2 is 1.58 bits per heavy atom. The van der Waals surface area contributed by atoms with E-state index >= 15 is 0 Å². The van der Waals surface area contributed by atoms with Crippen LogP contribution in [0.5, 0.6) is 0 Å². The number of rotatable bonds is 7. The van der Waals surface area contributed by atoms with E-state index < -0.39 is 17.9 Å². The third kappa shape index (κ3) is 6.39. The molecule has 0 aliphatic heterocycles. The lowest BCUT2D eigenvalue weighted by Crippen LogP contribution is -2.44. The van der Waals surface area contributed by atoms with Crippen LogP contribution in [0.25, 0.3) is 11.3 Å². The molecule has 0 unspecified atom stereocenters. The van der Waals surface area contributed by atoms with Crippen molar-refractivity contribution in [1.82, 2.24) is 10.5 Å². The third-order valence-corrected chi connectivity index (χ3v) is 5.09. The fourth-order valence-corrected chi connectivity index (χ4v) is 3.25. The van der Waals surface area contributed by atoms with Gasteiger partial charge < -0.3 is 25.2 Å². The van der Waals surface area contributed by atoms with E-state index in [9.17, 15) is 9.59 Å². The molecule has 2 aromatic carbocycles. The largest absolute Gasteiger partial charge is 0.467 e. The smallest absolute Gasteiger partial charge is 0.328 e. The molecule has 1 aromatic heterocycles. The number of nitrogens with zero attached hydrogens (tertiary/aromatic N) is 1. The van der Waals surface area contributed by atoms with E-state index in [4.69, 9.17) is 21.5 Å². The Hall–Kier alpha value is -3.72. The lowest BCUT2D eigenvalue weighted by molar-refractivity contribution is -0.144. The van der Waals surface area contributed by atoms with Gasteiger partial charge in [-0.2, -0.15) is 0 Å². The summed E-state index contributed by atoms with van der Waals surface area (Å²) in [5.74, 6) is -1.19. The highest BCUT2D eigenvalue weighted by Gasteiger charge is 2.27. The van der Waals surface area contributed by atoms with Crippen molar-refractivity contribution < 1.29 is 18.8 Å². The number of ether oxygens (including phenoxy) is 1. The van der Waals surface area contributed by atoms with Gasteiger partial charge in [0, 0.05) is 23.0 Å². The second-order valence-electron chi connectivity index (χ2n) is 7.82. The van der Waals surface area contributed by atoms with Crippen LogP contribution in [0.15, 0.2) is 59.1 Å². The van der Waals surface area contributed by atoms with Crippen LogP contribution in [0.1, 0.15) is 30.0 Å².